The molecule has 1 atom stereocenters. The molecule has 1 heterocycles. The van der Waals surface area contributed by atoms with Gasteiger partial charge >= 0.3 is 0 Å². The average molecular weight is 386 g/mol. The number of halogens is 1. The molecule has 2 aromatic carbocycles. The average Bonchev–Trinajstić information content (AvgIpc) is 3.07. The summed E-state index contributed by atoms with van der Waals surface area (Å²) in [6.07, 6.45) is 0.161. The summed E-state index contributed by atoms with van der Waals surface area (Å²) >= 11 is 5.97. The number of nitrogens with zero attached hydrogens (tertiary/aromatic N) is 1. The van der Waals surface area contributed by atoms with Gasteiger partial charge in [-0.25, -0.2) is 0 Å². The largest absolute Gasteiger partial charge is 0.354 e. The molecule has 0 saturated carbocycles. The van der Waals surface area contributed by atoms with Crippen LogP contribution >= 0.6 is 11.6 Å². The Hall–Kier alpha value is -2.86. The first-order valence-corrected chi connectivity index (χ1v) is 9.09. The molecule has 0 radical (unpaired) electrons. The van der Waals surface area contributed by atoms with E-state index in [1.807, 2.05) is 6.07 Å². The van der Waals surface area contributed by atoms with Crippen LogP contribution in [0.2, 0.25) is 5.02 Å². The molecule has 0 aliphatic carbocycles. The van der Waals surface area contributed by atoms with Gasteiger partial charge < -0.3 is 15.5 Å². The van der Waals surface area contributed by atoms with E-state index in [4.69, 9.17) is 11.6 Å². The highest BCUT2D eigenvalue weighted by atomic mass is 35.5. The van der Waals surface area contributed by atoms with E-state index >= 15 is 0 Å². The van der Waals surface area contributed by atoms with E-state index in [0.717, 1.165) is 0 Å². The molecule has 7 heteroatoms. The van der Waals surface area contributed by atoms with Crippen molar-refractivity contribution in [1.29, 1.82) is 0 Å². The third-order valence-electron chi connectivity index (χ3n) is 4.36. The Morgan fingerprint density at radius 2 is 1.78 bits per heavy atom. The molecular formula is C20H20ClN3O3. The van der Waals surface area contributed by atoms with Crippen LogP contribution in [0.3, 0.4) is 0 Å². The van der Waals surface area contributed by atoms with Crippen molar-refractivity contribution in [1.82, 2.24) is 10.6 Å². The van der Waals surface area contributed by atoms with Crippen LogP contribution in [0.5, 0.6) is 0 Å². The van der Waals surface area contributed by atoms with E-state index in [1.165, 1.54) is 0 Å². The van der Waals surface area contributed by atoms with Crippen molar-refractivity contribution in [2.24, 2.45) is 5.92 Å². The standard InChI is InChI=1S/C20H20ClN3O3/c21-16-7-4-8-17(12-16)24-13-15(11-18(24)25)20(27)23-10-9-22-19(26)14-5-2-1-3-6-14/h1-8,12,15H,9-11,13H2,(H,22,26)(H,23,27). The Morgan fingerprint density at radius 1 is 1.04 bits per heavy atom. The summed E-state index contributed by atoms with van der Waals surface area (Å²) in [5.74, 6) is -0.897. The molecule has 1 unspecified atom stereocenters. The SMILES string of the molecule is O=C(NCCNC(=O)C1CC(=O)N(c2cccc(Cl)c2)C1)c1ccccc1. The molecule has 0 bridgehead atoms. The molecule has 27 heavy (non-hydrogen) atoms. The van der Waals surface area contributed by atoms with Crippen molar-refractivity contribution < 1.29 is 14.4 Å². The lowest BCUT2D eigenvalue weighted by Gasteiger charge is -2.17. The van der Waals surface area contributed by atoms with Gasteiger partial charge in [0.2, 0.25) is 11.8 Å². The van der Waals surface area contributed by atoms with Crippen LogP contribution in [0, 0.1) is 5.92 Å². The molecule has 2 aromatic rings. The van der Waals surface area contributed by atoms with Gasteiger partial charge in [0.05, 0.1) is 5.92 Å². The highest BCUT2D eigenvalue weighted by Crippen LogP contribution is 2.27. The monoisotopic (exact) mass is 385 g/mol. The maximum Gasteiger partial charge on any atom is 0.251 e. The van der Waals surface area contributed by atoms with Gasteiger partial charge in [0.15, 0.2) is 0 Å². The normalized spacial score (nSPS) is 16.3. The van der Waals surface area contributed by atoms with Gasteiger partial charge in [-0.1, -0.05) is 35.9 Å². The quantitative estimate of drug-likeness (QED) is 0.748. The first kappa shape index (κ1) is 18.9. The molecule has 2 N–H and O–H groups in total. The number of anilines is 1. The predicted molar refractivity (Wildman–Crippen MR) is 104 cm³/mol. The van der Waals surface area contributed by atoms with E-state index in [9.17, 15) is 14.4 Å². The third kappa shape index (κ3) is 4.86. The van der Waals surface area contributed by atoms with Gasteiger partial charge in [-0.2, -0.15) is 0 Å². The fraction of sp³-hybridized carbons (Fsp3) is 0.250. The van der Waals surface area contributed by atoms with E-state index in [0.29, 0.717) is 35.9 Å². The van der Waals surface area contributed by atoms with Crippen LogP contribution in [0.15, 0.2) is 54.6 Å². The number of rotatable bonds is 6. The number of nitrogens with one attached hydrogen (secondary N) is 2. The summed E-state index contributed by atoms with van der Waals surface area (Å²) in [6, 6.07) is 15.9. The van der Waals surface area contributed by atoms with Gasteiger partial charge in [-0.3, -0.25) is 14.4 Å². The van der Waals surface area contributed by atoms with Crippen molar-refractivity contribution in [3.05, 3.63) is 65.2 Å². The van der Waals surface area contributed by atoms with Crippen molar-refractivity contribution in [2.45, 2.75) is 6.42 Å². The van der Waals surface area contributed by atoms with Crippen LogP contribution in [-0.2, 0) is 9.59 Å². The van der Waals surface area contributed by atoms with E-state index in [-0.39, 0.29) is 24.1 Å². The molecule has 3 amide bonds. The van der Waals surface area contributed by atoms with Gasteiger partial charge in [0.25, 0.3) is 5.91 Å². The summed E-state index contributed by atoms with van der Waals surface area (Å²) in [7, 11) is 0. The summed E-state index contributed by atoms with van der Waals surface area (Å²) < 4.78 is 0. The number of amides is 3. The second-order valence-corrected chi connectivity index (χ2v) is 6.73. The second kappa shape index (κ2) is 8.68. The van der Waals surface area contributed by atoms with E-state index in [2.05, 4.69) is 10.6 Å². The zero-order valence-corrected chi connectivity index (χ0v) is 15.4. The molecule has 1 aliphatic rings. The molecule has 140 valence electrons. The summed E-state index contributed by atoms with van der Waals surface area (Å²) in [5.41, 5.74) is 1.26. The molecule has 1 fully saturated rings. The Bertz CT molecular complexity index is 841. The predicted octanol–water partition coefficient (Wildman–Crippen LogP) is 2.24. The third-order valence-corrected chi connectivity index (χ3v) is 4.60. The molecule has 3 rings (SSSR count). The lowest BCUT2D eigenvalue weighted by atomic mass is 10.1. The van der Waals surface area contributed by atoms with Crippen LogP contribution in [0.1, 0.15) is 16.8 Å². The second-order valence-electron chi connectivity index (χ2n) is 6.30. The van der Waals surface area contributed by atoms with E-state index in [1.54, 1.807) is 53.4 Å². The molecule has 6 nitrogen and oxygen atoms in total. The first-order valence-electron chi connectivity index (χ1n) is 8.71. The number of benzene rings is 2. The number of carbonyl (C=O) groups is 3. The summed E-state index contributed by atoms with van der Waals surface area (Å²) in [6.45, 7) is 0.943. The highest BCUT2D eigenvalue weighted by Gasteiger charge is 2.34. The Morgan fingerprint density at radius 3 is 2.52 bits per heavy atom. The number of hydrogen-bond acceptors (Lipinski definition) is 3. The Balaban J connectivity index is 1.45. The van der Waals surface area contributed by atoms with Crippen LogP contribution in [0.4, 0.5) is 5.69 Å². The number of carbonyl (C=O) groups excluding carboxylic acids is 3. The number of hydrogen-bond donors (Lipinski definition) is 2. The Labute approximate surface area is 162 Å². The Kier molecular flexibility index (Phi) is 6.08. The highest BCUT2D eigenvalue weighted by molar-refractivity contribution is 6.31. The minimum atomic E-state index is -0.415. The fourth-order valence-electron chi connectivity index (χ4n) is 2.97. The van der Waals surface area contributed by atoms with Gasteiger partial charge in [-0.05, 0) is 30.3 Å². The van der Waals surface area contributed by atoms with Gasteiger partial charge in [-0.15, -0.1) is 0 Å². The van der Waals surface area contributed by atoms with Crippen LogP contribution in [-0.4, -0.2) is 37.4 Å². The molecule has 1 saturated heterocycles. The van der Waals surface area contributed by atoms with Crippen molar-refractivity contribution >= 4 is 35.0 Å². The lowest BCUT2D eigenvalue weighted by Crippen LogP contribution is -2.38. The summed E-state index contributed by atoms with van der Waals surface area (Å²) in [5, 5.41) is 6.07. The first-order chi connectivity index (χ1) is 13.0. The maximum absolute atomic E-state index is 12.3. The lowest BCUT2D eigenvalue weighted by molar-refractivity contribution is -0.126. The smallest absolute Gasteiger partial charge is 0.251 e. The minimum Gasteiger partial charge on any atom is -0.354 e. The van der Waals surface area contributed by atoms with Crippen molar-refractivity contribution in [3.8, 4) is 0 Å². The topological polar surface area (TPSA) is 78.5 Å². The van der Waals surface area contributed by atoms with Crippen LogP contribution in [0.25, 0.3) is 0 Å². The molecule has 0 aromatic heterocycles. The molecule has 0 spiro atoms. The van der Waals surface area contributed by atoms with Crippen molar-refractivity contribution in [2.75, 3.05) is 24.5 Å². The van der Waals surface area contributed by atoms with Gasteiger partial charge in [0.1, 0.15) is 0 Å². The zero-order valence-electron chi connectivity index (χ0n) is 14.7. The summed E-state index contributed by atoms with van der Waals surface area (Å²) in [4.78, 5) is 38.1. The molecular weight excluding hydrogens is 366 g/mol. The zero-order chi connectivity index (χ0) is 19.2. The molecule has 1 aliphatic heterocycles. The van der Waals surface area contributed by atoms with E-state index < -0.39 is 5.92 Å². The maximum atomic E-state index is 12.3. The minimum absolute atomic E-state index is 0.102. The fourth-order valence-corrected chi connectivity index (χ4v) is 3.16. The van der Waals surface area contributed by atoms with Crippen LogP contribution < -0.4 is 15.5 Å². The van der Waals surface area contributed by atoms with Crippen molar-refractivity contribution in [3.63, 3.8) is 0 Å². The van der Waals surface area contributed by atoms with Gasteiger partial charge in [0, 0.05) is 42.3 Å².